The van der Waals surface area contributed by atoms with Crippen molar-refractivity contribution in [1.29, 1.82) is 0 Å². The summed E-state index contributed by atoms with van der Waals surface area (Å²) in [5, 5.41) is 3.27. The number of ether oxygens (including phenoxy) is 2. The summed E-state index contributed by atoms with van der Waals surface area (Å²) in [6.45, 7) is 12.7. The molecule has 21 heavy (non-hydrogen) atoms. The molecule has 6 heteroatoms. The molecule has 122 valence electrons. The summed E-state index contributed by atoms with van der Waals surface area (Å²) in [6.07, 6.45) is 0.177. The molecule has 0 aromatic heterocycles. The number of rotatable bonds is 5. The number of esters is 1. The van der Waals surface area contributed by atoms with Crippen LogP contribution in [0.3, 0.4) is 0 Å². The van der Waals surface area contributed by atoms with E-state index in [1.54, 1.807) is 0 Å². The number of hydrogen-bond acceptors (Lipinski definition) is 6. The first-order valence-electron chi connectivity index (χ1n) is 8.08. The summed E-state index contributed by atoms with van der Waals surface area (Å²) in [5.41, 5.74) is 0. The molecule has 2 rings (SSSR count). The zero-order valence-corrected chi connectivity index (χ0v) is 13.5. The number of morpholine rings is 1. The monoisotopic (exact) mass is 299 g/mol. The summed E-state index contributed by atoms with van der Waals surface area (Å²) in [4.78, 5) is 16.7. The van der Waals surface area contributed by atoms with Crippen molar-refractivity contribution in [1.82, 2.24) is 15.1 Å². The fraction of sp³-hybridized carbons (Fsp3) is 0.933. The molecule has 0 radical (unpaired) electrons. The summed E-state index contributed by atoms with van der Waals surface area (Å²) in [6, 6.07) is 0.358. The number of carbonyl (C=O) groups is 1. The van der Waals surface area contributed by atoms with Crippen LogP contribution in [0, 0.1) is 0 Å². The van der Waals surface area contributed by atoms with E-state index in [9.17, 15) is 4.79 Å². The van der Waals surface area contributed by atoms with Gasteiger partial charge in [0.05, 0.1) is 19.3 Å². The van der Waals surface area contributed by atoms with Crippen molar-refractivity contribution in [3.05, 3.63) is 0 Å². The van der Waals surface area contributed by atoms with Gasteiger partial charge in [0.1, 0.15) is 6.04 Å². The van der Waals surface area contributed by atoms with Crippen molar-refractivity contribution in [2.24, 2.45) is 0 Å². The van der Waals surface area contributed by atoms with Crippen LogP contribution in [0.25, 0.3) is 0 Å². The Morgan fingerprint density at radius 1 is 1.43 bits per heavy atom. The summed E-state index contributed by atoms with van der Waals surface area (Å²) >= 11 is 0. The Labute approximate surface area is 127 Å². The molecule has 2 saturated heterocycles. The molecule has 0 aromatic carbocycles. The average Bonchev–Trinajstić information content (AvgIpc) is 2.48. The van der Waals surface area contributed by atoms with Gasteiger partial charge in [-0.05, 0) is 20.8 Å². The first kappa shape index (κ1) is 16.7. The van der Waals surface area contributed by atoms with Crippen molar-refractivity contribution in [2.45, 2.75) is 39.0 Å². The first-order valence-corrected chi connectivity index (χ1v) is 8.08. The minimum Gasteiger partial charge on any atom is -0.465 e. The van der Waals surface area contributed by atoms with Crippen LogP contribution in [0.5, 0.6) is 0 Å². The van der Waals surface area contributed by atoms with Gasteiger partial charge in [-0.2, -0.15) is 0 Å². The Balaban J connectivity index is 1.90. The number of carbonyl (C=O) groups excluding carboxylic acids is 1. The Bertz CT molecular complexity index is 338. The second-order valence-electron chi connectivity index (χ2n) is 6.05. The van der Waals surface area contributed by atoms with Gasteiger partial charge in [0, 0.05) is 45.3 Å². The third-order valence-electron chi connectivity index (χ3n) is 4.25. The Hall–Kier alpha value is -0.690. The molecule has 0 aromatic rings. The van der Waals surface area contributed by atoms with E-state index in [-0.39, 0.29) is 18.1 Å². The van der Waals surface area contributed by atoms with Gasteiger partial charge in [-0.15, -0.1) is 0 Å². The third-order valence-corrected chi connectivity index (χ3v) is 4.25. The molecule has 0 bridgehead atoms. The Kier molecular flexibility index (Phi) is 6.41. The molecule has 6 nitrogen and oxygen atoms in total. The maximum absolute atomic E-state index is 12.1. The second kappa shape index (κ2) is 8.08. The third kappa shape index (κ3) is 4.64. The fourth-order valence-corrected chi connectivity index (χ4v) is 3.02. The van der Waals surface area contributed by atoms with Crippen LogP contribution in [0.2, 0.25) is 0 Å². The molecule has 2 aliphatic heterocycles. The van der Waals surface area contributed by atoms with Gasteiger partial charge in [-0.25, -0.2) is 0 Å². The predicted octanol–water partition coefficient (Wildman–Crippen LogP) is -0.0675. The van der Waals surface area contributed by atoms with E-state index >= 15 is 0 Å². The Morgan fingerprint density at radius 3 is 2.95 bits per heavy atom. The molecule has 2 atom stereocenters. The smallest absolute Gasteiger partial charge is 0.324 e. The average molecular weight is 299 g/mol. The summed E-state index contributed by atoms with van der Waals surface area (Å²) in [5.74, 6) is -0.124. The topological polar surface area (TPSA) is 54.0 Å². The number of hydrogen-bond donors (Lipinski definition) is 1. The van der Waals surface area contributed by atoms with Crippen LogP contribution in [0.4, 0.5) is 0 Å². The molecule has 2 fully saturated rings. The van der Waals surface area contributed by atoms with Crippen LogP contribution in [-0.2, 0) is 14.3 Å². The lowest BCUT2D eigenvalue weighted by atomic mass is 10.1. The maximum Gasteiger partial charge on any atom is 0.324 e. The van der Waals surface area contributed by atoms with Crippen molar-refractivity contribution in [3.8, 4) is 0 Å². The van der Waals surface area contributed by atoms with Gasteiger partial charge in [0.2, 0.25) is 0 Å². The number of nitrogens with one attached hydrogen (secondary N) is 1. The van der Waals surface area contributed by atoms with Crippen molar-refractivity contribution in [2.75, 3.05) is 52.5 Å². The SMILES string of the molecule is CCOC(=O)C1CNCCN1CC1CN(C(C)C)CCO1. The second-order valence-corrected chi connectivity index (χ2v) is 6.05. The van der Waals surface area contributed by atoms with Gasteiger partial charge >= 0.3 is 5.97 Å². The van der Waals surface area contributed by atoms with Crippen LogP contribution in [-0.4, -0.2) is 86.4 Å². The lowest BCUT2D eigenvalue weighted by Gasteiger charge is -2.40. The molecular formula is C15H29N3O3. The van der Waals surface area contributed by atoms with E-state index in [0.29, 0.717) is 19.2 Å². The quantitative estimate of drug-likeness (QED) is 0.718. The van der Waals surface area contributed by atoms with E-state index < -0.39 is 0 Å². The molecule has 0 amide bonds. The fourth-order valence-electron chi connectivity index (χ4n) is 3.02. The van der Waals surface area contributed by atoms with Gasteiger partial charge in [0.15, 0.2) is 0 Å². The van der Waals surface area contributed by atoms with Crippen LogP contribution in [0.1, 0.15) is 20.8 Å². The molecule has 2 unspecified atom stereocenters. The highest BCUT2D eigenvalue weighted by molar-refractivity contribution is 5.76. The van der Waals surface area contributed by atoms with Gasteiger partial charge in [-0.3, -0.25) is 14.6 Å². The summed E-state index contributed by atoms with van der Waals surface area (Å²) < 4.78 is 11.1. The zero-order chi connectivity index (χ0) is 15.2. The van der Waals surface area contributed by atoms with Gasteiger partial charge in [0.25, 0.3) is 0 Å². The normalized spacial score (nSPS) is 28.8. The van der Waals surface area contributed by atoms with Crippen molar-refractivity contribution < 1.29 is 14.3 Å². The zero-order valence-electron chi connectivity index (χ0n) is 13.5. The largest absolute Gasteiger partial charge is 0.465 e. The highest BCUT2D eigenvalue weighted by Gasteiger charge is 2.33. The Morgan fingerprint density at radius 2 is 2.24 bits per heavy atom. The maximum atomic E-state index is 12.1. The molecule has 0 aliphatic carbocycles. The highest BCUT2D eigenvalue weighted by Crippen LogP contribution is 2.13. The lowest BCUT2D eigenvalue weighted by molar-refractivity contribution is -0.151. The highest BCUT2D eigenvalue weighted by atomic mass is 16.5. The predicted molar refractivity (Wildman–Crippen MR) is 81.3 cm³/mol. The van der Waals surface area contributed by atoms with Crippen LogP contribution >= 0.6 is 0 Å². The molecule has 2 aliphatic rings. The molecule has 0 saturated carbocycles. The van der Waals surface area contributed by atoms with E-state index in [2.05, 4.69) is 29.0 Å². The standard InChI is InChI=1S/C15H29N3O3/c1-4-20-15(19)14-9-16-5-6-18(14)11-13-10-17(12(2)3)7-8-21-13/h12-14,16H,4-11H2,1-3H3. The minimum absolute atomic E-state index is 0.124. The lowest BCUT2D eigenvalue weighted by Crippen LogP contribution is -2.59. The van der Waals surface area contributed by atoms with Gasteiger partial charge in [-0.1, -0.05) is 0 Å². The van der Waals surface area contributed by atoms with E-state index in [1.165, 1.54) is 0 Å². The molecule has 2 heterocycles. The van der Waals surface area contributed by atoms with Crippen LogP contribution < -0.4 is 5.32 Å². The minimum atomic E-state index is -0.184. The first-order chi connectivity index (χ1) is 10.1. The summed E-state index contributed by atoms with van der Waals surface area (Å²) in [7, 11) is 0. The van der Waals surface area contributed by atoms with Crippen molar-refractivity contribution >= 4 is 5.97 Å². The number of piperazine rings is 1. The van der Waals surface area contributed by atoms with E-state index in [0.717, 1.165) is 39.3 Å². The molecule has 1 N–H and O–H groups in total. The molecular weight excluding hydrogens is 270 g/mol. The van der Waals surface area contributed by atoms with Crippen LogP contribution in [0.15, 0.2) is 0 Å². The number of nitrogens with zero attached hydrogens (tertiary/aromatic N) is 2. The van der Waals surface area contributed by atoms with Gasteiger partial charge < -0.3 is 14.8 Å². The van der Waals surface area contributed by atoms with E-state index in [4.69, 9.17) is 9.47 Å². The molecule has 0 spiro atoms. The van der Waals surface area contributed by atoms with E-state index in [1.807, 2.05) is 6.92 Å². The van der Waals surface area contributed by atoms with Crippen molar-refractivity contribution in [3.63, 3.8) is 0 Å².